The largest absolute Gasteiger partial charge is 0.377 e. The average Bonchev–Trinajstić information content (AvgIpc) is 3.77. The van der Waals surface area contributed by atoms with Crippen LogP contribution in [0.3, 0.4) is 0 Å². The van der Waals surface area contributed by atoms with E-state index < -0.39 is 17.8 Å². The molecule has 4 aliphatic heterocycles. The van der Waals surface area contributed by atoms with E-state index in [1.807, 2.05) is 28.1 Å². The molecule has 3 amide bonds. The second kappa shape index (κ2) is 19.9. The fraction of sp³-hybridized carbons (Fsp3) is 0.472. The van der Waals surface area contributed by atoms with Crippen LogP contribution in [0.4, 0.5) is 15.9 Å². The first-order valence-electron chi connectivity index (χ1n) is 24.6. The summed E-state index contributed by atoms with van der Waals surface area (Å²) in [6, 6.07) is 18.1. The molecule has 0 saturated carbocycles. The number of methoxy groups -OCH3 is 1. The Bertz CT molecular complexity index is 2680. The van der Waals surface area contributed by atoms with E-state index in [-0.39, 0.29) is 18.2 Å². The Morgan fingerprint density at radius 1 is 0.926 bits per heavy atom. The number of benzene rings is 2. The van der Waals surface area contributed by atoms with Crippen molar-refractivity contribution in [1.29, 1.82) is 0 Å². The molecular formula is C53H63FN10O4. The highest BCUT2D eigenvalue weighted by atomic mass is 19.1. The number of anilines is 2. The van der Waals surface area contributed by atoms with Crippen LogP contribution in [0.15, 0.2) is 72.6 Å². The third kappa shape index (κ3) is 9.79. The number of fused-ring (bicyclic) bond motifs is 2. The van der Waals surface area contributed by atoms with Crippen LogP contribution in [0, 0.1) is 17.7 Å². The molecule has 2 unspecified atom stereocenters. The molecule has 15 heteroatoms. The Labute approximate surface area is 397 Å². The highest BCUT2D eigenvalue weighted by molar-refractivity contribution is 6.01. The quantitative estimate of drug-likeness (QED) is 0.111. The summed E-state index contributed by atoms with van der Waals surface area (Å²) in [5.74, 6) is 1.52. The van der Waals surface area contributed by atoms with Gasteiger partial charge in [0.15, 0.2) is 11.6 Å². The number of amides is 3. The monoisotopic (exact) mass is 923 g/mol. The third-order valence-corrected chi connectivity index (χ3v) is 15.3. The molecule has 10 rings (SSSR count). The predicted molar refractivity (Wildman–Crippen MR) is 262 cm³/mol. The van der Waals surface area contributed by atoms with E-state index in [2.05, 4.69) is 91.7 Å². The minimum Gasteiger partial charge on any atom is -0.377 e. The molecule has 0 spiro atoms. The molecule has 14 nitrogen and oxygen atoms in total. The number of H-pyrrole nitrogens is 1. The standard InChI is InChI=1S/C53H63FN10O4/c1-33-26-47-43(41(12-17-55-47)39-8-9-45-48(27-39)59-49(58-45)32-68-3)29-42(33)34(2)62-20-15-37(16-21-62)36-4-6-38(7-5-36)53(67)64-18-13-35(14-19-64)31-61-22-24-63(25-23-61)51-44(54)28-40(30-56-51)57-46-10-11-50(65)60-52(46)66/h4-9,12,17,27-30,33-35,37,46,57H,10-11,13-16,18-26,31-32H2,1-3H3,(H,58,59)(H,60,65,66)/t33?,34-,46?/m0/s1. The number of imidazole rings is 1. The van der Waals surface area contributed by atoms with Gasteiger partial charge in [-0.15, -0.1) is 0 Å². The van der Waals surface area contributed by atoms with E-state index in [1.165, 1.54) is 28.3 Å². The molecule has 0 radical (unpaired) electrons. The first-order chi connectivity index (χ1) is 33.1. The number of halogens is 1. The van der Waals surface area contributed by atoms with Crippen LogP contribution >= 0.6 is 0 Å². The molecule has 5 aromatic rings. The molecule has 356 valence electrons. The van der Waals surface area contributed by atoms with Crippen LogP contribution in [0.25, 0.3) is 28.2 Å². The van der Waals surface area contributed by atoms with Gasteiger partial charge < -0.3 is 24.8 Å². The molecule has 0 bridgehead atoms. The van der Waals surface area contributed by atoms with Gasteiger partial charge >= 0.3 is 0 Å². The van der Waals surface area contributed by atoms with E-state index in [0.717, 1.165) is 112 Å². The fourth-order valence-corrected chi connectivity index (χ4v) is 11.3. The molecule has 3 N–H and O–H groups in total. The molecule has 7 heterocycles. The lowest BCUT2D eigenvalue weighted by molar-refractivity contribution is -0.133. The number of likely N-dealkylation sites (tertiary alicyclic amines) is 2. The Hall–Kier alpha value is -6.03. The van der Waals surface area contributed by atoms with Crippen LogP contribution in [-0.2, 0) is 27.4 Å². The first-order valence-corrected chi connectivity index (χ1v) is 24.6. The number of piperazine rings is 1. The molecule has 2 aromatic carbocycles. The summed E-state index contributed by atoms with van der Waals surface area (Å²) in [6.45, 7) is 12.7. The summed E-state index contributed by atoms with van der Waals surface area (Å²) >= 11 is 0. The average molecular weight is 923 g/mol. The minimum absolute atomic E-state index is 0.119. The van der Waals surface area contributed by atoms with Crippen molar-refractivity contribution in [1.82, 2.24) is 40.0 Å². The van der Waals surface area contributed by atoms with Gasteiger partial charge in [0.1, 0.15) is 18.5 Å². The smallest absolute Gasteiger partial charge is 0.253 e. The predicted octanol–water partition coefficient (Wildman–Crippen LogP) is 7.04. The van der Waals surface area contributed by atoms with Crippen molar-refractivity contribution in [3.63, 3.8) is 0 Å². The summed E-state index contributed by atoms with van der Waals surface area (Å²) in [4.78, 5) is 63.7. The number of imide groups is 1. The molecule has 4 saturated heterocycles. The van der Waals surface area contributed by atoms with E-state index >= 15 is 4.39 Å². The minimum atomic E-state index is -0.590. The van der Waals surface area contributed by atoms with Gasteiger partial charge in [-0.1, -0.05) is 31.2 Å². The van der Waals surface area contributed by atoms with Gasteiger partial charge in [0.25, 0.3) is 5.91 Å². The van der Waals surface area contributed by atoms with Crippen LogP contribution in [-0.4, -0.2) is 130 Å². The Balaban J connectivity index is 0.677. The SMILES string of the molecule is COCc1nc2ccc(-c3ccnc4c3C=C([C@H](C)N3CCC(c5ccc(C(=O)N6CCC(CN7CCN(c8ncc(NC9CCC(=O)NC9=O)cc8F)CC7)CC6)cc5)CC3)C(C)C4)cc2[nH]1. The number of pyridine rings is 2. The van der Waals surface area contributed by atoms with E-state index in [1.54, 1.807) is 13.3 Å². The summed E-state index contributed by atoms with van der Waals surface area (Å²) in [7, 11) is 1.68. The van der Waals surface area contributed by atoms with Gasteiger partial charge in [-0.05, 0) is 129 Å². The zero-order valence-electron chi connectivity index (χ0n) is 39.5. The number of rotatable bonds is 12. The highest BCUT2D eigenvalue weighted by Gasteiger charge is 2.32. The number of ether oxygens (including phenoxy) is 1. The molecule has 3 atom stereocenters. The number of nitrogens with zero attached hydrogens (tertiary/aromatic N) is 7. The van der Waals surface area contributed by atoms with Gasteiger partial charge in [-0.3, -0.25) is 34.5 Å². The highest BCUT2D eigenvalue weighted by Crippen LogP contribution is 2.39. The van der Waals surface area contributed by atoms with E-state index in [0.29, 0.717) is 61.4 Å². The lowest BCUT2D eigenvalue weighted by atomic mass is 9.80. The normalized spacial score (nSPS) is 21.7. The number of nitrogens with one attached hydrogen (secondary N) is 3. The molecule has 1 aliphatic carbocycles. The second-order valence-corrected chi connectivity index (χ2v) is 19.6. The maximum Gasteiger partial charge on any atom is 0.253 e. The summed E-state index contributed by atoms with van der Waals surface area (Å²) in [5.41, 5.74) is 10.7. The van der Waals surface area contributed by atoms with Crippen molar-refractivity contribution in [3.05, 3.63) is 107 Å². The van der Waals surface area contributed by atoms with E-state index in [4.69, 9.17) is 9.72 Å². The zero-order valence-corrected chi connectivity index (χ0v) is 39.5. The van der Waals surface area contributed by atoms with Gasteiger partial charge in [-0.25, -0.2) is 14.4 Å². The molecular weight excluding hydrogens is 860 g/mol. The molecule has 4 fully saturated rings. The molecule has 68 heavy (non-hydrogen) atoms. The van der Waals surface area contributed by atoms with Crippen molar-refractivity contribution in [2.45, 2.75) is 83.4 Å². The number of hydrogen-bond donors (Lipinski definition) is 3. The summed E-state index contributed by atoms with van der Waals surface area (Å²) < 4.78 is 20.5. The summed E-state index contributed by atoms with van der Waals surface area (Å²) in [6.07, 6.45) is 11.6. The van der Waals surface area contributed by atoms with Crippen LogP contribution < -0.4 is 15.5 Å². The summed E-state index contributed by atoms with van der Waals surface area (Å²) in [5, 5.41) is 5.32. The number of hydrogen-bond acceptors (Lipinski definition) is 11. The number of aromatic amines is 1. The maximum absolute atomic E-state index is 15.2. The third-order valence-electron chi connectivity index (χ3n) is 15.3. The van der Waals surface area contributed by atoms with Crippen molar-refractivity contribution >= 4 is 46.3 Å². The van der Waals surface area contributed by atoms with Crippen molar-refractivity contribution in [2.24, 2.45) is 11.8 Å². The maximum atomic E-state index is 15.2. The Kier molecular flexibility index (Phi) is 13.4. The Morgan fingerprint density at radius 2 is 1.71 bits per heavy atom. The fourth-order valence-electron chi connectivity index (χ4n) is 11.3. The van der Waals surface area contributed by atoms with Gasteiger partial charge in [-0.2, -0.15) is 0 Å². The van der Waals surface area contributed by atoms with Gasteiger partial charge in [0, 0.05) is 94.5 Å². The number of carbonyl (C=O) groups excluding carboxylic acids is 3. The van der Waals surface area contributed by atoms with Crippen LogP contribution in [0.1, 0.15) is 91.3 Å². The van der Waals surface area contributed by atoms with Gasteiger partial charge in [0.05, 0.1) is 22.9 Å². The second-order valence-electron chi connectivity index (χ2n) is 19.6. The topological polar surface area (TPSA) is 152 Å². The van der Waals surface area contributed by atoms with Gasteiger partial charge in [0.2, 0.25) is 11.8 Å². The Morgan fingerprint density at radius 3 is 2.44 bits per heavy atom. The number of aromatic nitrogens is 4. The zero-order chi connectivity index (χ0) is 46.9. The number of carbonyl (C=O) groups is 3. The molecule has 5 aliphatic rings. The van der Waals surface area contributed by atoms with Crippen molar-refractivity contribution in [3.8, 4) is 11.1 Å². The lowest BCUT2D eigenvalue weighted by Gasteiger charge is -2.40. The van der Waals surface area contributed by atoms with Crippen molar-refractivity contribution < 1.29 is 23.5 Å². The molecule has 3 aromatic heterocycles. The van der Waals surface area contributed by atoms with E-state index in [9.17, 15) is 14.4 Å². The lowest BCUT2D eigenvalue weighted by Crippen LogP contribution is -2.49. The van der Waals surface area contributed by atoms with Crippen LogP contribution in [0.2, 0.25) is 0 Å². The number of piperidine rings is 3. The van der Waals surface area contributed by atoms with Crippen molar-refractivity contribution in [2.75, 3.05) is 76.2 Å². The van der Waals surface area contributed by atoms with Crippen LogP contribution in [0.5, 0.6) is 0 Å². The first kappa shape index (κ1) is 45.7.